The van der Waals surface area contributed by atoms with Gasteiger partial charge in [0.1, 0.15) is 6.67 Å². The molecule has 141 valence electrons. The Morgan fingerprint density at radius 2 is 1.79 bits per heavy atom. The van der Waals surface area contributed by atoms with E-state index in [1.807, 2.05) is 0 Å². The van der Waals surface area contributed by atoms with Crippen LogP contribution in [0.15, 0.2) is 54.6 Å². The van der Waals surface area contributed by atoms with Crippen molar-refractivity contribution in [3.8, 4) is 0 Å². The van der Waals surface area contributed by atoms with Crippen molar-refractivity contribution in [3.63, 3.8) is 0 Å². The van der Waals surface area contributed by atoms with Gasteiger partial charge in [-0.25, -0.2) is 0 Å². The molecular weight excluding hydrogens is 366 g/mol. The molecule has 1 aliphatic carbocycles. The van der Waals surface area contributed by atoms with Crippen LogP contribution in [0.2, 0.25) is 5.02 Å². The summed E-state index contributed by atoms with van der Waals surface area (Å²) in [5, 5.41) is 6.90. The van der Waals surface area contributed by atoms with E-state index in [-0.39, 0.29) is 0 Å². The number of piperidine rings is 1. The van der Waals surface area contributed by atoms with Crippen LogP contribution in [0.3, 0.4) is 0 Å². The predicted octanol–water partition coefficient (Wildman–Crippen LogP) is 5.61. The monoisotopic (exact) mass is 388 g/mol. The van der Waals surface area contributed by atoms with Crippen molar-refractivity contribution >= 4 is 33.7 Å². The number of nitrogens with one attached hydrogen (secondary N) is 1. The molecule has 3 aromatic rings. The summed E-state index contributed by atoms with van der Waals surface area (Å²) in [6, 6.07) is 20.6. The van der Waals surface area contributed by atoms with E-state index in [2.05, 4.69) is 76.4 Å². The highest BCUT2D eigenvalue weighted by molar-refractivity contribution is 6.35. The molecule has 0 amide bonds. The van der Waals surface area contributed by atoms with Crippen LogP contribution in [0.1, 0.15) is 30.0 Å². The van der Waals surface area contributed by atoms with Gasteiger partial charge in [0.15, 0.2) is 0 Å². The summed E-state index contributed by atoms with van der Waals surface area (Å²) in [5.41, 5.74) is 5.45. The van der Waals surface area contributed by atoms with Gasteiger partial charge in [0.05, 0.1) is 11.4 Å². The molecule has 0 spiro atoms. The molecule has 28 heavy (non-hydrogen) atoms. The second-order valence-electron chi connectivity index (χ2n) is 8.16. The lowest BCUT2D eigenvalue weighted by Gasteiger charge is -2.40. The maximum atomic E-state index is 6.47. The minimum Gasteiger partial charge on any atom is -0.360 e. The van der Waals surface area contributed by atoms with Crippen LogP contribution in [0.25, 0.3) is 10.8 Å². The minimum absolute atomic E-state index is 0.492. The zero-order chi connectivity index (χ0) is 18.7. The SMILES string of the molecule is Clc1ccc2c3c(cccc13)C[C@H]2N1CCC(N2[CH]Nc3ccccc32)CC1. The van der Waals surface area contributed by atoms with Crippen LogP contribution in [0.5, 0.6) is 0 Å². The Morgan fingerprint density at radius 3 is 2.68 bits per heavy atom. The van der Waals surface area contributed by atoms with Crippen LogP contribution < -0.4 is 10.2 Å². The largest absolute Gasteiger partial charge is 0.360 e. The van der Waals surface area contributed by atoms with Crippen LogP contribution in [0.4, 0.5) is 11.4 Å². The molecule has 1 N–H and O–H groups in total. The van der Waals surface area contributed by atoms with Gasteiger partial charge < -0.3 is 10.2 Å². The molecular formula is C24H23ClN3. The number of benzene rings is 3. The quantitative estimate of drug-likeness (QED) is 0.615. The van der Waals surface area contributed by atoms with Gasteiger partial charge in [-0.15, -0.1) is 0 Å². The Bertz CT molecular complexity index is 1050. The summed E-state index contributed by atoms with van der Waals surface area (Å²) in [6.45, 7) is 4.43. The Balaban J connectivity index is 1.22. The first-order valence-electron chi connectivity index (χ1n) is 10.2. The second kappa shape index (κ2) is 6.40. The van der Waals surface area contributed by atoms with Crippen LogP contribution >= 0.6 is 11.6 Å². The highest BCUT2D eigenvalue weighted by Gasteiger charge is 2.35. The Labute approximate surface area is 170 Å². The topological polar surface area (TPSA) is 18.5 Å². The summed E-state index contributed by atoms with van der Waals surface area (Å²) < 4.78 is 0. The molecule has 3 nitrogen and oxygen atoms in total. The molecule has 3 aromatic carbocycles. The molecule has 3 aliphatic rings. The van der Waals surface area contributed by atoms with E-state index in [0.717, 1.165) is 24.5 Å². The van der Waals surface area contributed by atoms with Gasteiger partial charge in [0.25, 0.3) is 0 Å². The zero-order valence-electron chi connectivity index (χ0n) is 15.7. The molecule has 1 saturated heterocycles. The molecule has 0 aromatic heterocycles. The Kier molecular flexibility index (Phi) is 3.82. The van der Waals surface area contributed by atoms with Crippen molar-refractivity contribution in [3.05, 3.63) is 77.4 Å². The molecule has 0 bridgehead atoms. The summed E-state index contributed by atoms with van der Waals surface area (Å²) in [4.78, 5) is 5.13. The Morgan fingerprint density at radius 1 is 0.929 bits per heavy atom. The highest BCUT2D eigenvalue weighted by Crippen LogP contribution is 2.44. The fraction of sp³-hybridized carbons (Fsp3) is 0.292. The van der Waals surface area contributed by atoms with E-state index in [9.17, 15) is 0 Å². The molecule has 2 heterocycles. The molecule has 0 unspecified atom stereocenters. The lowest BCUT2D eigenvalue weighted by Crippen LogP contribution is -2.44. The van der Waals surface area contributed by atoms with E-state index in [1.165, 1.54) is 46.1 Å². The van der Waals surface area contributed by atoms with E-state index in [1.54, 1.807) is 0 Å². The van der Waals surface area contributed by atoms with E-state index in [0.29, 0.717) is 12.1 Å². The zero-order valence-corrected chi connectivity index (χ0v) is 16.5. The van der Waals surface area contributed by atoms with Crippen molar-refractivity contribution in [1.29, 1.82) is 0 Å². The van der Waals surface area contributed by atoms with Crippen LogP contribution in [0, 0.1) is 6.67 Å². The van der Waals surface area contributed by atoms with Crippen molar-refractivity contribution in [2.24, 2.45) is 0 Å². The molecule has 1 fully saturated rings. The number of hydrogen-bond acceptors (Lipinski definition) is 3. The van der Waals surface area contributed by atoms with Crippen LogP contribution in [-0.4, -0.2) is 24.0 Å². The number of para-hydroxylation sites is 2. The van der Waals surface area contributed by atoms with Gasteiger partial charge in [0.2, 0.25) is 0 Å². The predicted molar refractivity (Wildman–Crippen MR) is 117 cm³/mol. The van der Waals surface area contributed by atoms with Gasteiger partial charge in [0, 0.05) is 35.6 Å². The van der Waals surface area contributed by atoms with E-state index < -0.39 is 0 Å². The first-order chi connectivity index (χ1) is 13.8. The smallest absolute Gasteiger partial charge is 0.139 e. The third-order valence-corrected chi connectivity index (χ3v) is 7.08. The van der Waals surface area contributed by atoms with Crippen molar-refractivity contribution in [2.75, 3.05) is 23.3 Å². The summed E-state index contributed by atoms with van der Waals surface area (Å²) in [6.07, 6.45) is 3.49. The molecule has 4 heteroatoms. The molecule has 6 rings (SSSR count). The average Bonchev–Trinajstić information content (AvgIpc) is 3.34. The molecule has 1 radical (unpaired) electrons. The number of rotatable bonds is 2. The number of hydrogen-bond donors (Lipinski definition) is 1. The average molecular weight is 389 g/mol. The molecule has 2 aliphatic heterocycles. The van der Waals surface area contributed by atoms with Gasteiger partial charge >= 0.3 is 0 Å². The van der Waals surface area contributed by atoms with Gasteiger partial charge in [-0.05, 0) is 54.0 Å². The normalized spacial score (nSPS) is 21.9. The maximum absolute atomic E-state index is 6.47. The summed E-state index contributed by atoms with van der Waals surface area (Å²) >= 11 is 6.47. The standard InChI is InChI=1S/C24H23ClN3/c25-20-9-8-19-23(14-16-4-3-5-18(20)24(16)19)27-12-10-17(11-13-27)28-15-26-21-6-1-2-7-22(21)28/h1-9,15,17,23,26H,10-14H2/t23-/m1/s1. The number of nitrogens with zero attached hydrogens (tertiary/aromatic N) is 2. The lowest BCUT2D eigenvalue weighted by molar-refractivity contribution is 0.155. The van der Waals surface area contributed by atoms with Gasteiger partial charge in [-0.1, -0.05) is 48.0 Å². The van der Waals surface area contributed by atoms with E-state index >= 15 is 0 Å². The fourth-order valence-electron chi connectivity index (χ4n) is 5.38. The first kappa shape index (κ1) is 16.7. The number of anilines is 2. The van der Waals surface area contributed by atoms with Crippen LogP contribution in [-0.2, 0) is 6.42 Å². The molecule has 1 atom stereocenters. The molecule has 0 saturated carbocycles. The highest BCUT2D eigenvalue weighted by atomic mass is 35.5. The number of likely N-dealkylation sites (tertiary alicyclic amines) is 1. The van der Waals surface area contributed by atoms with Gasteiger partial charge in [-0.3, -0.25) is 4.90 Å². The maximum Gasteiger partial charge on any atom is 0.139 e. The van der Waals surface area contributed by atoms with Crippen molar-refractivity contribution in [2.45, 2.75) is 31.3 Å². The van der Waals surface area contributed by atoms with Gasteiger partial charge in [-0.2, -0.15) is 0 Å². The number of halogens is 1. The first-order valence-corrected chi connectivity index (χ1v) is 10.6. The van der Waals surface area contributed by atoms with Crippen molar-refractivity contribution < 1.29 is 0 Å². The lowest BCUT2D eigenvalue weighted by atomic mass is 9.98. The third kappa shape index (κ3) is 2.46. The third-order valence-electron chi connectivity index (χ3n) is 6.75. The number of fused-ring (bicyclic) bond motifs is 1. The minimum atomic E-state index is 0.492. The Hall–Kier alpha value is -2.23. The second-order valence-corrected chi connectivity index (χ2v) is 8.57. The van der Waals surface area contributed by atoms with E-state index in [4.69, 9.17) is 11.6 Å². The fourth-order valence-corrected chi connectivity index (χ4v) is 5.60. The van der Waals surface area contributed by atoms with Crippen molar-refractivity contribution in [1.82, 2.24) is 4.90 Å². The summed E-state index contributed by atoms with van der Waals surface area (Å²) in [5.74, 6) is 0. The summed E-state index contributed by atoms with van der Waals surface area (Å²) in [7, 11) is 0.